The SMILES string of the molecule is Cc1c(-c2nccc[n+]2C)ccc2cccnc12. The molecule has 3 rings (SSSR count). The van der Waals surface area contributed by atoms with E-state index >= 15 is 0 Å². The van der Waals surface area contributed by atoms with Gasteiger partial charge in [-0.3, -0.25) is 4.98 Å². The number of nitrogens with zero attached hydrogens (tertiary/aromatic N) is 3. The smallest absolute Gasteiger partial charge is 0.256 e. The van der Waals surface area contributed by atoms with Gasteiger partial charge in [-0.15, -0.1) is 0 Å². The summed E-state index contributed by atoms with van der Waals surface area (Å²) in [6.45, 7) is 2.10. The van der Waals surface area contributed by atoms with Crippen molar-refractivity contribution in [1.82, 2.24) is 9.97 Å². The molecule has 0 radical (unpaired) electrons. The van der Waals surface area contributed by atoms with Crippen molar-refractivity contribution in [3.05, 3.63) is 54.5 Å². The summed E-state index contributed by atoms with van der Waals surface area (Å²) in [5, 5.41) is 1.16. The lowest BCUT2D eigenvalue weighted by Gasteiger charge is -2.05. The molecule has 88 valence electrons. The highest BCUT2D eigenvalue weighted by Crippen LogP contribution is 2.25. The Morgan fingerprint density at radius 1 is 1.00 bits per heavy atom. The predicted octanol–water partition coefficient (Wildman–Crippen LogP) is 2.43. The molecule has 3 heteroatoms. The maximum Gasteiger partial charge on any atom is 0.330 e. The average Bonchev–Trinajstić information content (AvgIpc) is 2.41. The number of rotatable bonds is 1. The van der Waals surface area contributed by atoms with Crippen LogP contribution in [-0.4, -0.2) is 9.97 Å². The molecule has 1 aromatic carbocycles. The van der Waals surface area contributed by atoms with Crippen LogP contribution in [0.5, 0.6) is 0 Å². The first-order valence-corrected chi connectivity index (χ1v) is 5.93. The third-order valence-electron chi connectivity index (χ3n) is 3.20. The van der Waals surface area contributed by atoms with Gasteiger partial charge in [0.05, 0.1) is 24.3 Å². The Bertz CT molecular complexity index is 720. The van der Waals surface area contributed by atoms with E-state index in [9.17, 15) is 0 Å². The Morgan fingerprint density at radius 2 is 1.83 bits per heavy atom. The van der Waals surface area contributed by atoms with Crippen molar-refractivity contribution >= 4 is 10.9 Å². The molecule has 0 aliphatic carbocycles. The van der Waals surface area contributed by atoms with E-state index in [1.54, 1.807) is 0 Å². The van der Waals surface area contributed by atoms with Crippen LogP contribution in [-0.2, 0) is 7.05 Å². The highest BCUT2D eigenvalue weighted by molar-refractivity contribution is 5.86. The fraction of sp³-hybridized carbons (Fsp3) is 0.133. The summed E-state index contributed by atoms with van der Waals surface area (Å²) in [7, 11) is 2.00. The molecular formula is C15H14N3+. The summed E-state index contributed by atoms with van der Waals surface area (Å²) >= 11 is 0. The fourth-order valence-corrected chi connectivity index (χ4v) is 2.24. The maximum absolute atomic E-state index is 4.46. The molecule has 0 atom stereocenters. The normalized spacial score (nSPS) is 10.8. The highest BCUT2D eigenvalue weighted by atomic mass is 15.0. The quantitative estimate of drug-likeness (QED) is 0.607. The molecule has 0 N–H and O–H groups in total. The van der Waals surface area contributed by atoms with E-state index in [-0.39, 0.29) is 0 Å². The number of pyridine rings is 1. The molecular weight excluding hydrogens is 222 g/mol. The summed E-state index contributed by atoms with van der Waals surface area (Å²) in [6, 6.07) is 10.2. The number of aromatic nitrogens is 3. The molecule has 0 fully saturated rings. The van der Waals surface area contributed by atoms with E-state index in [1.165, 1.54) is 5.56 Å². The molecule has 3 aromatic rings. The van der Waals surface area contributed by atoms with Crippen LogP contribution < -0.4 is 4.57 Å². The lowest BCUT2D eigenvalue weighted by Crippen LogP contribution is -2.31. The van der Waals surface area contributed by atoms with Gasteiger partial charge in [0, 0.05) is 17.6 Å². The van der Waals surface area contributed by atoms with Gasteiger partial charge in [0.15, 0.2) is 0 Å². The van der Waals surface area contributed by atoms with E-state index in [0.717, 1.165) is 22.3 Å². The average molecular weight is 236 g/mol. The first-order chi connectivity index (χ1) is 8.77. The van der Waals surface area contributed by atoms with Crippen LogP contribution in [0, 0.1) is 6.92 Å². The molecule has 0 aliphatic rings. The predicted molar refractivity (Wildman–Crippen MR) is 70.9 cm³/mol. The number of aryl methyl sites for hydroxylation is 2. The van der Waals surface area contributed by atoms with Gasteiger partial charge in [-0.25, -0.2) is 4.57 Å². The van der Waals surface area contributed by atoms with Crippen LogP contribution >= 0.6 is 0 Å². The standard InChI is InChI=1S/C15H14N3/c1-11-13(15-17-9-4-10-18(15)2)7-6-12-5-3-8-16-14(11)12/h3-10H,1-2H3/q+1. The first-order valence-electron chi connectivity index (χ1n) is 5.93. The zero-order valence-electron chi connectivity index (χ0n) is 10.5. The minimum Gasteiger partial charge on any atom is -0.256 e. The number of benzene rings is 1. The van der Waals surface area contributed by atoms with Crippen molar-refractivity contribution in [2.45, 2.75) is 6.92 Å². The van der Waals surface area contributed by atoms with Crippen LogP contribution in [0.2, 0.25) is 0 Å². The molecule has 0 unspecified atom stereocenters. The molecule has 0 aliphatic heterocycles. The van der Waals surface area contributed by atoms with Crippen molar-refractivity contribution in [2.75, 3.05) is 0 Å². The molecule has 0 saturated carbocycles. The van der Waals surface area contributed by atoms with Gasteiger partial charge in [-0.05, 0) is 29.6 Å². The summed E-state index contributed by atoms with van der Waals surface area (Å²) in [4.78, 5) is 8.91. The second kappa shape index (κ2) is 4.18. The molecule has 0 bridgehead atoms. The Morgan fingerprint density at radius 3 is 2.67 bits per heavy atom. The summed E-state index contributed by atoms with van der Waals surface area (Å²) in [5.74, 6) is 0.961. The van der Waals surface area contributed by atoms with Crippen molar-refractivity contribution in [3.63, 3.8) is 0 Å². The van der Waals surface area contributed by atoms with Gasteiger partial charge in [0.2, 0.25) is 0 Å². The molecule has 0 amide bonds. The van der Waals surface area contributed by atoms with Gasteiger partial charge < -0.3 is 0 Å². The maximum atomic E-state index is 4.46. The molecule has 0 spiro atoms. The molecule has 18 heavy (non-hydrogen) atoms. The lowest BCUT2D eigenvalue weighted by molar-refractivity contribution is -0.663. The van der Waals surface area contributed by atoms with E-state index in [1.807, 2.05) is 42.3 Å². The summed E-state index contributed by atoms with van der Waals surface area (Å²) in [5.41, 5.74) is 3.34. The van der Waals surface area contributed by atoms with Gasteiger partial charge in [-0.2, -0.15) is 0 Å². The van der Waals surface area contributed by atoms with Crippen LogP contribution in [0.3, 0.4) is 0 Å². The lowest BCUT2D eigenvalue weighted by atomic mass is 10.0. The number of hydrogen-bond donors (Lipinski definition) is 0. The summed E-state index contributed by atoms with van der Waals surface area (Å²) in [6.07, 6.45) is 5.65. The minimum atomic E-state index is 0.961. The van der Waals surface area contributed by atoms with E-state index < -0.39 is 0 Å². The summed E-state index contributed by atoms with van der Waals surface area (Å²) < 4.78 is 2.02. The number of hydrogen-bond acceptors (Lipinski definition) is 2. The van der Waals surface area contributed by atoms with Gasteiger partial charge in [-0.1, -0.05) is 12.1 Å². The van der Waals surface area contributed by atoms with Gasteiger partial charge in [0.1, 0.15) is 6.20 Å². The van der Waals surface area contributed by atoms with E-state index in [2.05, 4.69) is 35.1 Å². The minimum absolute atomic E-state index is 0.961. The van der Waals surface area contributed by atoms with E-state index in [0.29, 0.717) is 0 Å². The first kappa shape index (κ1) is 10.8. The fourth-order valence-electron chi connectivity index (χ4n) is 2.24. The van der Waals surface area contributed by atoms with Crippen molar-refractivity contribution in [3.8, 4) is 11.4 Å². The Kier molecular flexibility index (Phi) is 2.52. The third-order valence-corrected chi connectivity index (χ3v) is 3.20. The topological polar surface area (TPSA) is 29.7 Å². The second-order valence-corrected chi connectivity index (χ2v) is 4.37. The van der Waals surface area contributed by atoms with Gasteiger partial charge in [0.25, 0.3) is 0 Å². The number of fused-ring (bicyclic) bond motifs is 1. The second-order valence-electron chi connectivity index (χ2n) is 4.37. The zero-order valence-corrected chi connectivity index (χ0v) is 10.5. The molecule has 0 saturated heterocycles. The van der Waals surface area contributed by atoms with Crippen LogP contribution in [0.4, 0.5) is 0 Å². The largest absolute Gasteiger partial charge is 0.330 e. The Balaban J connectivity index is 2.31. The molecule has 3 nitrogen and oxygen atoms in total. The van der Waals surface area contributed by atoms with Crippen molar-refractivity contribution in [2.24, 2.45) is 7.05 Å². The molecule has 2 heterocycles. The van der Waals surface area contributed by atoms with Crippen LogP contribution in [0.25, 0.3) is 22.3 Å². The monoisotopic (exact) mass is 236 g/mol. The Labute approximate surface area is 106 Å². The van der Waals surface area contributed by atoms with Crippen molar-refractivity contribution in [1.29, 1.82) is 0 Å². The molecule has 2 aromatic heterocycles. The van der Waals surface area contributed by atoms with Crippen LogP contribution in [0.15, 0.2) is 48.9 Å². The third kappa shape index (κ3) is 1.64. The zero-order chi connectivity index (χ0) is 12.5. The Hall–Kier alpha value is -2.29. The van der Waals surface area contributed by atoms with Crippen LogP contribution in [0.1, 0.15) is 5.56 Å². The van der Waals surface area contributed by atoms with Gasteiger partial charge >= 0.3 is 5.82 Å². The highest BCUT2D eigenvalue weighted by Gasteiger charge is 2.15. The van der Waals surface area contributed by atoms with Crippen molar-refractivity contribution < 1.29 is 4.57 Å². The van der Waals surface area contributed by atoms with E-state index in [4.69, 9.17) is 0 Å².